The molecular weight excluding hydrogens is 536 g/mol. The average Bonchev–Trinajstić information content (AvgIpc) is 2.76. The molecule has 0 spiro atoms. The zero-order valence-corrected chi connectivity index (χ0v) is 20.1. The van der Waals surface area contributed by atoms with Gasteiger partial charge in [-0.1, -0.05) is 19.1 Å². The molecule has 176 valence electrons. The van der Waals surface area contributed by atoms with Gasteiger partial charge in [0.25, 0.3) is 0 Å². The van der Waals surface area contributed by atoms with Crippen molar-refractivity contribution in [3.8, 4) is 5.75 Å². The summed E-state index contributed by atoms with van der Waals surface area (Å²) in [5, 5.41) is 2.96. The van der Waals surface area contributed by atoms with Crippen LogP contribution in [0.4, 0.5) is 19.0 Å². The Morgan fingerprint density at radius 2 is 1.81 bits per heavy atom. The van der Waals surface area contributed by atoms with E-state index in [-0.39, 0.29) is 35.7 Å². The van der Waals surface area contributed by atoms with Gasteiger partial charge in [0.1, 0.15) is 11.6 Å². The largest absolute Gasteiger partial charge is 0.573 e. The first-order chi connectivity index (χ1) is 14.8. The highest BCUT2D eigenvalue weighted by Gasteiger charge is 2.30. The van der Waals surface area contributed by atoms with Crippen LogP contribution in [0.2, 0.25) is 0 Å². The number of nitrogens with one attached hydrogen (secondary N) is 1. The number of alkyl halides is 3. The Morgan fingerprint density at radius 3 is 2.44 bits per heavy atom. The van der Waals surface area contributed by atoms with E-state index < -0.39 is 6.36 Å². The van der Waals surface area contributed by atoms with Crippen LogP contribution in [0.5, 0.6) is 5.75 Å². The molecule has 1 aromatic heterocycles. The Bertz CT molecular complexity index is 871. The number of anilines is 1. The number of benzene rings is 1. The van der Waals surface area contributed by atoms with Crippen molar-refractivity contribution in [3.05, 3.63) is 53.7 Å². The molecule has 0 amide bonds. The van der Waals surface area contributed by atoms with Crippen LogP contribution in [-0.4, -0.2) is 54.9 Å². The fourth-order valence-electron chi connectivity index (χ4n) is 3.26. The second-order valence-electron chi connectivity index (χ2n) is 7.19. The molecule has 0 bridgehead atoms. The predicted molar refractivity (Wildman–Crippen MR) is 129 cm³/mol. The summed E-state index contributed by atoms with van der Waals surface area (Å²) >= 11 is 0. The van der Waals surface area contributed by atoms with Gasteiger partial charge < -0.3 is 25.6 Å². The first-order valence-corrected chi connectivity index (χ1v) is 10.1. The second kappa shape index (κ2) is 12.1. The van der Waals surface area contributed by atoms with Gasteiger partial charge in [-0.15, -0.1) is 37.1 Å². The standard InChI is InChI=1S/C21H27F3N6O.HI/c1-2-29-9-11-30(12-10-29)19-13-17(7-8-26-19)15-28-20(25)27-14-16-3-5-18(6-4-16)31-21(22,23)24;/h3-8,13H,2,9-12,14-15H2,1H3,(H3,25,27,28);1H. The quantitative estimate of drug-likeness (QED) is 0.305. The van der Waals surface area contributed by atoms with Gasteiger partial charge in [-0.2, -0.15) is 0 Å². The van der Waals surface area contributed by atoms with Crippen molar-refractivity contribution in [3.63, 3.8) is 0 Å². The van der Waals surface area contributed by atoms with Crippen LogP contribution in [0, 0.1) is 0 Å². The molecule has 3 rings (SSSR count). The topological polar surface area (TPSA) is 79.0 Å². The first-order valence-electron chi connectivity index (χ1n) is 10.1. The fourth-order valence-corrected chi connectivity index (χ4v) is 3.26. The molecular formula is C21H28F3IN6O. The van der Waals surface area contributed by atoms with E-state index in [1.807, 2.05) is 12.1 Å². The van der Waals surface area contributed by atoms with E-state index in [2.05, 4.69) is 36.8 Å². The maximum Gasteiger partial charge on any atom is 0.573 e. The number of aromatic nitrogens is 1. The third kappa shape index (κ3) is 8.34. The maximum absolute atomic E-state index is 12.2. The van der Waals surface area contributed by atoms with Crippen molar-refractivity contribution in [2.45, 2.75) is 26.4 Å². The van der Waals surface area contributed by atoms with Crippen LogP contribution >= 0.6 is 24.0 Å². The van der Waals surface area contributed by atoms with E-state index in [1.165, 1.54) is 24.3 Å². The number of piperazine rings is 1. The van der Waals surface area contributed by atoms with Gasteiger partial charge in [0.2, 0.25) is 0 Å². The molecule has 1 aromatic carbocycles. The Labute approximate surface area is 202 Å². The number of ether oxygens (including phenoxy) is 1. The minimum absolute atomic E-state index is 0. The van der Waals surface area contributed by atoms with Crippen LogP contribution in [0.15, 0.2) is 47.6 Å². The fraction of sp³-hybridized carbons (Fsp3) is 0.429. The smallest absolute Gasteiger partial charge is 0.406 e. The Balaban J connectivity index is 0.00000363. The lowest BCUT2D eigenvalue weighted by Crippen LogP contribution is -2.46. The summed E-state index contributed by atoms with van der Waals surface area (Å²) in [6, 6.07) is 9.52. The summed E-state index contributed by atoms with van der Waals surface area (Å²) in [6.45, 7) is 7.93. The summed E-state index contributed by atoms with van der Waals surface area (Å²) in [5.74, 6) is 0.934. The van der Waals surface area contributed by atoms with E-state index in [0.717, 1.165) is 49.7 Å². The van der Waals surface area contributed by atoms with E-state index in [9.17, 15) is 13.2 Å². The van der Waals surface area contributed by atoms with Crippen LogP contribution < -0.4 is 20.7 Å². The van der Waals surface area contributed by atoms with Gasteiger partial charge in [0.05, 0.1) is 6.54 Å². The molecule has 3 N–H and O–H groups in total. The number of nitrogens with two attached hydrogens (primary N) is 1. The summed E-state index contributed by atoms with van der Waals surface area (Å²) in [6.07, 6.45) is -2.92. The molecule has 1 aliphatic rings. The highest BCUT2D eigenvalue weighted by Crippen LogP contribution is 2.22. The molecule has 0 atom stereocenters. The summed E-state index contributed by atoms with van der Waals surface area (Å²) in [7, 11) is 0. The molecule has 2 heterocycles. The van der Waals surface area contributed by atoms with Crippen molar-refractivity contribution < 1.29 is 17.9 Å². The van der Waals surface area contributed by atoms with E-state index in [0.29, 0.717) is 13.1 Å². The van der Waals surface area contributed by atoms with Crippen molar-refractivity contribution in [1.29, 1.82) is 0 Å². The Morgan fingerprint density at radius 1 is 1.12 bits per heavy atom. The zero-order valence-electron chi connectivity index (χ0n) is 17.8. The average molecular weight is 564 g/mol. The van der Waals surface area contributed by atoms with Crippen LogP contribution in [0.1, 0.15) is 18.1 Å². The molecule has 2 aromatic rings. The third-order valence-electron chi connectivity index (χ3n) is 5.02. The number of likely N-dealkylation sites (N-methyl/N-ethyl adjacent to an activating group) is 1. The number of hydrogen-bond acceptors (Lipinski definition) is 5. The molecule has 0 radical (unpaired) electrons. The molecule has 32 heavy (non-hydrogen) atoms. The predicted octanol–water partition coefficient (Wildman–Crippen LogP) is 3.34. The normalized spacial score (nSPS) is 15.2. The lowest BCUT2D eigenvalue weighted by atomic mass is 10.2. The van der Waals surface area contributed by atoms with Gasteiger partial charge in [0, 0.05) is 38.9 Å². The van der Waals surface area contributed by atoms with E-state index in [1.54, 1.807) is 6.20 Å². The molecule has 0 saturated carbocycles. The lowest BCUT2D eigenvalue weighted by molar-refractivity contribution is -0.274. The first kappa shape index (κ1) is 26.0. The minimum atomic E-state index is -4.70. The second-order valence-corrected chi connectivity index (χ2v) is 7.19. The Kier molecular flexibility index (Phi) is 9.82. The summed E-state index contributed by atoms with van der Waals surface area (Å²) in [4.78, 5) is 13.5. The van der Waals surface area contributed by atoms with Crippen molar-refractivity contribution >= 4 is 35.8 Å². The van der Waals surface area contributed by atoms with E-state index >= 15 is 0 Å². The van der Waals surface area contributed by atoms with Gasteiger partial charge in [-0.05, 0) is 41.9 Å². The maximum atomic E-state index is 12.2. The summed E-state index contributed by atoms with van der Waals surface area (Å²) < 4.78 is 40.5. The third-order valence-corrected chi connectivity index (χ3v) is 5.02. The highest BCUT2D eigenvalue weighted by atomic mass is 127. The van der Waals surface area contributed by atoms with Crippen LogP contribution in [-0.2, 0) is 13.1 Å². The van der Waals surface area contributed by atoms with E-state index in [4.69, 9.17) is 5.73 Å². The van der Waals surface area contributed by atoms with Crippen molar-refractivity contribution in [2.24, 2.45) is 10.7 Å². The Hall–Kier alpha value is -2.28. The van der Waals surface area contributed by atoms with Crippen LogP contribution in [0.3, 0.4) is 0 Å². The number of nitrogens with zero attached hydrogens (tertiary/aromatic N) is 4. The van der Waals surface area contributed by atoms with Gasteiger partial charge in [-0.25, -0.2) is 9.98 Å². The minimum Gasteiger partial charge on any atom is -0.406 e. The number of pyridine rings is 1. The number of hydrogen-bond donors (Lipinski definition) is 2. The van der Waals surface area contributed by atoms with Gasteiger partial charge in [-0.3, -0.25) is 0 Å². The molecule has 1 fully saturated rings. The monoisotopic (exact) mass is 564 g/mol. The van der Waals surface area contributed by atoms with Gasteiger partial charge >= 0.3 is 6.36 Å². The van der Waals surface area contributed by atoms with Crippen molar-refractivity contribution in [2.75, 3.05) is 37.6 Å². The molecule has 1 aliphatic heterocycles. The SMILES string of the molecule is CCN1CCN(c2cc(CN=C(N)NCc3ccc(OC(F)(F)F)cc3)ccn2)CC1.I. The number of rotatable bonds is 7. The molecule has 0 aliphatic carbocycles. The number of guanidine groups is 1. The highest BCUT2D eigenvalue weighted by molar-refractivity contribution is 14.0. The molecule has 1 saturated heterocycles. The zero-order chi connectivity index (χ0) is 22.3. The molecule has 7 nitrogen and oxygen atoms in total. The van der Waals surface area contributed by atoms with Crippen molar-refractivity contribution in [1.82, 2.24) is 15.2 Å². The lowest BCUT2D eigenvalue weighted by Gasteiger charge is -2.34. The number of aliphatic imine (C=N–C) groups is 1. The molecule has 0 unspecified atom stereocenters. The molecule has 11 heteroatoms. The van der Waals surface area contributed by atoms with Gasteiger partial charge in [0.15, 0.2) is 5.96 Å². The number of halogens is 4. The van der Waals surface area contributed by atoms with Crippen LogP contribution in [0.25, 0.3) is 0 Å². The summed E-state index contributed by atoms with van der Waals surface area (Å²) in [5.41, 5.74) is 7.68.